The van der Waals surface area contributed by atoms with Crippen LogP contribution < -0.4 is 0 Å². The smallest absolute Gasteiger partial charge is 0.303 e. The second-order valence-electron chi connectivity index (χ2n) is 6.26. The first-order valence-electron chi connectivity index (χ1n) is 9.31. The number of hydrogen-bond donors (Lipinski definition) is 2. The number of carbonyl (C=O) groups excluding carboxylic acids is 1. The maximum absolute atomic E-state index is 11.7. The van der Waals surface area contributed by atoms with Gasteiger partial charge in [-0.05, 0) is 25.7 Å². The van der Waals surface area contributed by atoms with Crippen molar-refractivity contribution < 1.29 is 19.8 Å². The van der Waals surface area contributed by atoms with Crippen molar-refractivity contribution >= 4 is 11.8 Å². The number of carboxylic acids is 1. The van der Waals surface area contributed by atoms with Crippen LogP contribution in [0.25, 0.3) is 0 Å². The van der Waals surface area contributed by atoms with Gasteiger partial charge in [0.25, 0.3) is 0 Å². The number of allylic oxidation sites excluding steroid dienone is 3. The highest BCUT2D eigenvalue weighted by atomic mass is 16.4. The van der Waals surface area contributed by atoms with Crippen LogP contribution in [0, 0.1) is 0 Å². The van der Waals surface area contributed by atoms with Gasteiger partial charge in [0, 0.05) is 19.3 Å². The molecule has 0 fully saturated rings. The number of aliphatic carboxylic acids is 1. The second-order valence-corrected chi connectivity index (χ2v) is 6.26. The van der Waals surface area contributed by atoms with Gasteiger partial charge in [-0.25, -0.2) is 0 Å². The lowest BCUT2D eigenvalue weighted by Crippen LogP contribution is -2.03. The Kier molecular flexibility index (Phi) is 15.5. The summed E-state index contributed by atoms with van der Waals surface area (Å²) < 4.78 is 0. The van der Waals surface area contributed by atoms with E-state index in [1.54, 1.807) is 12.2 Å². The number of rotatable bonds is 16. The van der Waals surface area contributed by atoms with Crippen LogP contribution in [0.2, 0.25) is 0 Å². The minimum atomic E-state index is -0.836. The molecule has 2 N–H and O–H groups in total. The Morgan fingerprint density at radius 2 is 1.62 bits per heavy atom. The second kappa shape index (κ2) is 16.4. The van der Waals surface area contributed by atoms with Crippen molar-refractivity contribution in [2.45, 2.75) is 90.1 Å². The molecule has 138 valence electrons. The highest BCUT2D eigenvalue weighted by molar-refractivity contribution is 5.78. The third-order valence-corrected chi connectivity index (χ3v) is 3.87. The van der Waals surface area contributed by atoms with Gasteiger partial charge < -0.3 is 10.2 Å². The lowest BCUT2D eigenvalue weighted by Gasteiger charge is -2.02. The maximum atomic E-state index is 11.7. The minimum absolute atomic E-state index is 0.0848. The van der Waals surface area contributed by atoms with Crippen molar-refractivity contribution in [3.8, 4) is 0 Å². The van der Waals surface area contributed by atoms with E-state index in [4.69, 9.17) is 5.11 Å². The molecule has 1 atom stereocenters. The van der Waals surface area contributed by atoms with E-state index in [0.717, 1.165) is 19.3 Å². The lowest BCUT2D eigenvalue weighted by molar-refractivity contribution is -0.137. The summed E-state index contributed by atoms with van der Waals surface area (Å²) in [5.41, 5.74) is 0. The number of hydrogen-bond acceptors (Lipinski definition) is 3. The maximum Gasteiger partial charge on any atom is 0.303 e. The van der Waals surface area contributed by atoms with E-state index >= 15 is 0 Å². The highest BCUT2D eigenvalue weighted by Crippen LogP contribution is 2.09. The molecule has 0 unspecified atom stereocenters. The standard InChI is InChI=1S/C20H34O4/c1-2-3-4-5-6-9-13-18(21)14-10-7-8-11-15-19(22)16-12-17-20(23)24/h7-8,11,15,19,22H,2-6,9-10,12-14,16-17H2,1H3,(H,23,24)/b8-7+,15-11-/t19-/m1/s1. The molecule has 0 bridgehead atoms. The zero-order valence-corrected chi connectivity index (χ0v) is 15.1. The van der Waals surface area contributed by atoms with Crippen molar-refractivity contribution in [2.75, 3.05) is 0 Å². The summed E-state index contributed by atoms with van der Waals surface area (Å²) in [6.07, 6.45) is 16.8. The Morgan fingerprint density at radius 1 is 0.917 bits per heavy atom. The fraction of sp³-hybridized carbons (Fsp3) is 0.700. The molecule has 0 aromatic rings. The van der Waals surface area contributed by atoms with E-state index in [1.807, 2.05) is 12.2 Å². The predicted molar refractivity (Wildman–Crippen MR) is 98.0 cm³/mol. The number of aliphatic hydroxyl groups excluding tert-OH is 1. The molecule has 0 saturated heterocycles. The molecule has 0 amide bonds. The van der Waals surface area contributed by atoms with Crippen LogP contribution in [0.15, 0.2) is 24.3 Å². The molecule has 0 heterocycles. The first kappa shape index (κ1) is 22.6. The van der Waals surface area contributed by atoms with Gasteiger partial charge in [0.15, 0.2) is 0 Å². The monoisotopic (exact) mass is 338 g/mol. The molecule has 0 rings (SSSR count). The molecule has 0 aliphatic carbocycles. The molecule has 0 aromatic heterocycles. The van der Waals surface area contributed by atoms with Gasteiger partial charge in [-0.3, -0.25) is 9.59 Å². The Balaban J connectivity index is 3.57. The quantitative estimate of drug-likeness (QED) is 0.313. The number of aliphatic hydroxyl groups is 1. The van der Waals surface area contributed by atoms with Gasteiger partial charge in [-0.2, -0.15) is 0 Å². The van der Waals surface area contributed by atoms with E-state index in [-0.39, 0.29) is 6.42 Å². The third-order valence-electron chi connectivity index (χ3n) is 3.87. The van der Waals surface area contributed by atoms with Crippen LogP contribution in [0.1, 0.15) is 84.0 Å². The van der Waals surface area contributed by atoms with Crippen molar-refractivity contribution in [2.24, 2.45) is 0 Å². The van der Waals surface area contributed by atoms with Gasteiger partial charge in [-0.15, -0.1) is 0 Å². The van der Waals surface area contributed by atoms with Crippen LogP contribution in [0.3, 0.4) is 0 Å². The van der Waals surface area contributed by atoms with E-state index in [1.165, 1.54) is 25.7 Å². The first-order chi connectivity index (χ1) is 11.6. The Morgan fingerprint density at radius 3 is 2.33 bits per heavy atom. The van der Waals surface area contributed by atoms with Crippen molar-refractivity contribution in [1.82, 2.24) is 0 Å². The van der Waals surface area contributed by atoms with Gasteiger partial charge in [0.1, 0.15) is 5.78 Å². The summed E-state index contributed by atoms with van der Waals surface area (Å²) in [5, 5.41) is 18.1. The number of Topliss-reactive ketones (excluding diaryl/α,β-unsaturated/α-hetero) is 1. The summed E-state index contributed by atoms with van der Waals surface area (Å²) in [4.78, 5) is 22.1. The number of unbranched alkanes of at least 4 members (excludes halogenated alkanes) is 5. The van der Waals surface area contributed by atoms with Crippen LogP contribution in [-0.4, -0.2) is 28.1 Å². The molecule has 4 nitrogen and oxygen atoms in total. The molecule has 4 heteroatoms. The zero-order chi connectivity index (χ0) is 18.0. The zero-order valence-electron chi connectivity index (χ0n) is 15.1. The summed E-state index contributed by atoms with van der Waals surface area (Å²) in [7, 11) is 0. The Bertz CT molecular complexity index is 385. The fourth-order valence-electron chi connectivity index (χ4n) is 2.40. The normalized spacial score (nSPS) is 12.9. The molecule has 24 heavy (non-hydrogen) atoms. The van der Waals surface area contributed by atoms with E-state index in [0.29, 0.717) is 31.5 Å². The molecule has 0 aliphatic rings. The molecule has 0 radical (unpaired) electrons. The Hall–Kier alpha value is -1.42. The van der Waals surface area contributed by atoms with E-state index in [9.17, 15) is 14.7 Å². The minimum Gasteiger partial charge on any atom is -0.481 e. The molecule has 0 spiro atoms. The van der Waals surface area contributed by atoms with Gasteiger partial charge in [0.2, 0.25) is 0 Å². The average Bonchev–Trinajstić information content (AvgIpc) is 2.53. The van der Waals surface area contributed by atoms with Crippen LogP contribution in [0.4, 0.5) is 0 Å². The van der Waals surface area contributed by atoms with E-state index < -0.39 is 12.1 Å². The Labute approximate surface area is 146 Å². The SMILES string of the molecule is CCCCCCCCC(=O)CC/C=C/C=C\[C@@H](O)CCCC(=O)O. The summed E-state index contributed by atoms with van der Waals surface area (Å²) in [6.45, 7) is 2.20. The lowest BCUT2D eigenvalue weighted by atomic mass is 10.1. The largest absolute Gasteiger partial charge is 0.481 e. The average molecular weight is 338 g/mol. The van der Waals surface area contributed by atoms with E-state index in [2.05, 4.69) is 6.92 Å². The summed E-state index contributed by atoms with van der Waals surface area (Å²) in [6, 6.07) is 0. The van der Waals surface area contributed by atoms with Crippen LogP contribution in [0.5, 0.6) is 0 Å². The number of ketones is 1. The number of carbonyl (C=O) groups is 2. The third kappa shape index (κ3) is 16.9. The molecule has 0 saturated carbocycles. The van der Waals surface area contributed by atoms with Gasteiger partial charge >= 0.3 is 5.97 Å². The summed E-state index contributed by atoms with van der Waals surface area (Å²) in [5.74, 6) is -0.510. The van der Waals surface area contributed by atoms with Gasteiger partial charge in [-0.1, -0.05) is 63.3 Å². The van der Waals surface area contributed by atoms with Crippen molar-refractivity contribution in [1.29, 1.82) is 0 Å². The molecule has 0 aliphatic heterocycles. The fourth-order valence-corrected chi connectivity index (χ4v) is 2.40. The van der Waals surface area contributed by atoms with Crippen LogP contribution >= 0.6 is 0 Å². The predicted octanol–water partition coefficient (Wildman–Crippen LogP) is 4.81. The number of carboxylic acid groups (broad SMARTS) is 1. The first-order valence-corrected chi connectivity index (χ1v) is 9.31. The van der Waals surface area contributed by atoms with Crippen LogP contribution in [-0.2, 0) is 9.59 Å². The molecular weight excluding hydrogens is 304 g/mol. The highest BCUT2D eigenvalue weighted by Gasteiger charge is 2.02. The molecule has 0 aromatic carbocycles. The summed E-state index contributed by atoms with van der Waals surface area (Å²) >= 11 is 0. The molecular formula is C20H34O4. The topological polar surface area (TPSA) is 74.6 Å². The van der Waals surface area contributed by atoms with Gasteiger partial charge in [0.05, 0.1) is 6.10 Å². The van der Waals surface area contributed by atoms with Crippen molar-refractivity contribution in [3.05, 3.63) is 24.3 Å². The van der Waals surface area contributed by atoms with Crippen molar-refractivity contribution in [3.63, 3.8) is 0 Å².